The van der Waals surface area contributed by atoms with Gasteiger partial charge in [0.1, 0.15) is 5.70 Å². The van der Waals surface area contributed by atoms with Crippen molar-refractivity contribution in [2.45, 2.75) is 0 Å². The normalized spacial score (nSPS) is 11.0. The molecule has 5 nitrogen and oxygen atoms in total. The van der Waals surface area contributed by atoms with Crippen molar-refractivity contribution in [3.8, 4) is 0 Å². The van der Waals surface area contributed by atoms with E-state index in [1.165, 1.54) is 6.07 Å². The Bertz CT molecular complexity index is 934. The van der Waals surface area contributed by atoms with Crippen molar-refractivity contribution < 1.29 is 14.0 Å². The molecule has 1 aromatic heterocycles. The van der Waals surface area contributed by atoms with E-state index in [-0.39, 0.29) is 11.5 Å². The third-order valence-corrected chi connectivity index (χ3v) is 3.86. The highest BCUT2D eigenvalue weighted by Gasteiger charge is 2.17. The Morgan fingerprint density at radius 1 is 0.885 bits per heavy atom. The van der Waals surface area contributed by atoms with Crippen molar-refractivity contribution in [1.29, 1.82) is 0 Å². The lowest BCUT2D eigenvalue weighted by Gasteiger charge is -2.10. The van der Waals surface area contributed by atoms with Crippen molar-refractivity contribution in [3.63, 3.8) is 0 Å². The van der Waals surface area contributed by atoms with E-state index in [4.69, 9.17) is 4.42 Å². The van der Waals surface area contributed by atoms with Crippen LogP contribution >= 0.6 is 15.9 Å². The summed E-state index contributed by atoms with van der Waals surface area (Å²) >= 11 is 3.15. The number of para-hydroxylation sites is 1. The van der Waals surface area contributed by atoms with Crippen LogP contribution in [0.4, 0.5) is 5.69 Å². The SMILES string of the molecule is O=C(Nc1ccccc1)C(=Cc1ccccc1)NC(=O)c1ccc(Br)o1. The van der Waals surface area contributed by atoms with Gasteiger partial charge in [0.15, 0.2) is 10.4 Å². The molecule has 0 aliphatic rings. The number of halogens is 1. The Morgan fingerprint density at radius 2 is 1.54 bits per heavy atom. The maximum absolute atomic E-state index is 12.7. The fraction of sp³-hybridized carbons (Fsp3) is 0. The van der Waals surface area contributed by atoms with Gasteiger partial charge in [0.2, 0.25) is 0 Å². The minimum Gasteiger partial charge on any atom is -0.444 e. The monoisotopic (exact) mass is 410 g/mol. The largest absolute Gasteiger partial charge is 0.444 e. The molecule has 3 aromatic rings. The molecule has 0 bridgehead atoms. The van der Waals surface area contributed by atoms with Crippen molar-refractivity contribution in [1.82, 2.24) is 5.32 Å². The molecule has 6 heteroatoms. The van der Waals surface area contributed by atoms with Gasteiger partial charge < -0.3 is 15.1 Å². The lowest BCUT2D eigenvalue weighted by molar-refractivity contribution is -0.113. The molecule has 0 fully saturated rings. The smallest absolute Gasteiger partial charge is 0.291 e. The van der Waals surface area contributed by atoms with Gasteiger partial charge in [-0.2, -0.15) is 0 Å². The first-order valence-corrected chi connectivity index (χ1v) is 8.61. The first-order valence-electron chi connectivity index (χ1n) is 7.81. The zero-order chi connectivity index (χ0) is 18.4. The standard InChI is InChI=1S/C20H15BrN2O3/c21-18-12-11-17(26-18)20(25)23-16(13-14-7-3-1-4-8-14)19(24)22-15-9-5-2-6-10-15/h1-13H,(H,22,24)(H,23,25). The minimum atomic E-state index is -0.513. The van der Waals surface area contributed by atoms with Crippen molar-refractivity contribution in [2.75, 3.05) is 5.32 Å². The molecule has 2 amide bonds. The molecule has 130 valence electrons. The predicted octanol–water partition coefficient (Wildman–Crippen LogP) is 4.45. The highest BCUT2D eigenvalue weighted by molar-refractivity contribution is 9.10. The van der Waals surface area contributed by atoms with E-state index in [2.05, 4.69) is 26.6 Å². The number of benzene rings is 2. The van der Waals surface area contributed by atoms with Gasteiger partial charge in [-0.25, -0.2) is 0 Å². The molecule has 0 saturated carbocycles. The molecular formula is C20H15BrN2O3. The average molecular weight is 411 g/mol. The first-order chi connectivity index (χ1) is 12.6. The van der Waals surface area contributed by atoms with Crippen LogP contribution in [-0.2, 0) is 4.79 Å². The fourth-order valence-corrected chi connectivity index (χ4v) is 2.52. The number of hydrogen-bond acceptors (Lipinski definition) is 3. The number of hydrogen-bond donors (Lipinski definition) is 2. The quantitative estimate of drug-likeness (QED) is 0.610. The Hall–Kier alpha value is -3.12. The van der Waals surface area contributed by atoms with Crippen molar-refractivity contribution in [2.24, 2.45) is 0 Å². The van der Waals surface area contributed by atoms with Gasteiger partial charge in [0.05, 0.1) is 0 Å². The Labute approximate surface area is 158 Å². The molecule has 2 aromatic carbocycles. The van der Waals surface area contributed by atoms with Gasteiger partial charge >= 0.3 is 0 Å². The Balaban J connectivity index is 1.85. The summed E-state index contributed by atoms with van der Waals surface area (Å²) < 4.78 is 5.68. The zero-order valence-electron chi connectivity index (χ0n) is 13.6. The third-order valence-electron chi connectivity index (χ3n) is 3.43. The average Bonchev–Trinajstić information content (AvgIpc) is 3.09. The number of rotatable bonds is 5. The maximum Gasteiger partial charge on any atom is 0.291 e. The minimum absolute atomic E-state index is 0.100. The van der Waals surface area contributed by atoms with E-state index in [1.807, 2.05) is 48.5 Å². The zero-order valence-corrected chi connectivity index (χ0v) is 15.2. The van der Waals surface area contributed by atoms with Crippen LogP contribution in [0.15, 0.2) is 87.6 Å². The van der Waals surface area contributed by atoms with Gasteiger partial charge in [0.25, 0.3) is 11.8 Å². The van der Waals surface area contributed by atoms with Crippen LogP contribution in [0.2, 0.25) is 0 Å². The van der Waals surface area contributed by atoms with E-state index >= 15 is 0 Å². The number of nitrogens with one attached hydrogen (secondary N) is 2. The second-order valence-corrected chi connectivity index (χ2v) is 6.13. The van der Waals surface area contributed by atoms with Gasteiger partial charge in [-0.1, -0.05) is 48.5 Å². The molecule has 0 unspecified atom stereocenters. The molecule has 0 aliphatic heterocycles. The molecule has 0 aliphatic carbocycles. The number of furan rings is 1. The van der Waals surface area contributed by atoms with E-state index in [9.17, 15) is 9.59 Å². The number of amides is 2. The third kappa shape index (κ3) is 4.70. The highest BCUT2D eigenvalue weighted by atomic mass is 79.9. The fourth-order valence-electron chi connectivity index (χ4n) is 2.21. The molecule has 0 radical (unpaired) electrons. The summed E-state index contributed by atoms with van der Waals surface area (Å²) in [6.45, 7) is 0. The molecule has 0 spiro atoms. The van der Waals surface area contributed by atoms with Gasteiger partial charge in [-0.05, 0) is 51.8 Å². The van der Waals surface area contributed by atoms with Crippen LogP contribution < -0.4 is 10.6 Å². The summed E-state index contributed by atoms with van der Waals surface area (Å²) in [5, 5.41) is 5.37. The number of anilines is 1. The molecule has 26 heavy (non-hydrogen) atoms. The van der Waals surface area contributed by atoms with Crippen LogP contribution in [0.1, 0.15) is 16.1 Å². The summed E-state index contributed by atoms with van der Waals surface area (Å²) in [4.78, 5) is 25.0. The van der Waals surface area contributed by atoms with Crippen molar-refractivity contribution in [3.05, 3.63) is 94.5 Å². The van der Waals surface area contributed by atoms with Crippen LogP contribution in [0.3, 0.4) is 0 Å². The van der Waals surface area contributed by atoms with E-state index in [0.717, 1.165) is 5.56 Å². The van der Waals surface area contributed by atoms with Gasteiger partial charge in [-0.3, -0.25) is 9.59 Å². The predicted molar refractivity (Wildman–Crippen MR) is 103 cm³/mol. The summed E-state index contributed by atoms with van der Waals surface area (Å²) in [6.07, 6.45) is 1.61. The van der Waals surface area contributed by atoms with E-state index < -0.39 is 11.8 Å². The van der Waals surface area contributed by atoms with Crippen LogP contribution in [0.25, 0.3) is 6.08 Å². The van der Waals surface area contributed by atoms with Crippen LogP contribution in [-0.4, -0.2) is 11.8 Å². The topological polar surface area (TPSA) is 71.3 Å². The number of carbonyl (C=O) groups excluding carboxylic acids is 2. The maximum atomic E-state index is 12.7. The summed E-state index contributed by atoms with van der Waals surface area (Å²) in [5.41, 5.74) is 1.52. The molecular weight excluding hydrogens is 396 g/mol. The second-order valence-electron chi connectivity index (χ2n) is 5.35. The summed E-state index contributed by atoms with van der Waals surface area (Å²) in [5.74, 6) is -0.844. The highest BCUT2D eigenvalue weighted by Crippen LogP contribution is 2.15. The Morgan fingerprint density at radius 3 is 2.15 bits per heavy atom. The van der Waals surface area contributed by atoms with Crippen LogP contribution in [0.5, 0.6) is 0 Å². The molecule has 0 atom stereocenters. The molecule has 1 heterocycles. The number of carbonyl (C=O) groups is 2. The lowest BCUT2D eigenvalue weighted by atomic mass is 10.2. The van der Waals surface area contributed by atoms with Gasteiger partial charge in [-0.15, -0.1) is 0 Å². The second kappa shape index (κ2) is 8.31. The summed E-state index contributed by atoms with van der Waals surface area (Å²) in [6, 6.07) is 21.4. The van der Waals surface area contributed by atoms with Crippen LogP contribution in [0, 0.1) is 0 Å². The van der Waals surface area contributed by atoms with Gasteiger partial charge in [0, 0.05) is 5.69 Å². The van der Waals surface area contributed by atoms with E-state index in [1.54, 1.807) is 24.3 Å². The lowest BCUT2D eigenvalue weighted by Crippen LogP contribution is -2.30. The molecule has 2 N–H and O–H groups in total. The first kappa shape index (κ1) is 17.7. The molecule has 0 saturated heterocycles. The summed E-state index contributed by atoms with van der Waals surface area (Å²) in [7, 11) is 0. The van der Waals surface area contributed by atoms with Crippen molar-refractivity contribution >= 4 is 39.5 Å². The molecule has 3 rings (SSSR count). The Kier molecular flexibility index (Phi) is 5.66. The van der Waals surface area contributed by atoms with E-state index in [0.29, 0.717) is 10.4 Å².